The lowest BCUT2D eigenvalue weighted by atomic mass is 9.90. The molecule has 0 aromatic heterocycles. The van der Waals surface area contributed by atoms with Crippen LogP contribution in [0.4, 0.5) is 65.9 Å². The molecular formula is C13H9F15O2. The largest absolute Gasteiger partial charge is 0.462 e. The second-order valence-electron chi connectivity index (χ2n) is 5.63. The Morgan fingerprint density at radius 2 is 1.07 bits per heavy atom. The van der Waals surface area contributed by atoms with Gasteiger partial charge >= 0.3 is 47.7 Å². The molecule has 2 nitrogen and oxygen atoms in total. The summed E-state index contributed by atoms with van der Waals surface area (Å²) in [7, 11) is 0. The van der Waals surface area contributed by atoms with Gasteiger partial charge in [-0.2, -0.15) is 65.9 Å². The summed E-state index contributed by atoms with van der Waals surface area (Å²) < 4.78 is 198. The van der Waals surface area contributed by atoms with E-state index in [-0.39, 0.29) is 6.08 Å². The van der Waals surface area contributed by atoms with Crippen molar-refractivity contribution in [3.63, 3.8) is 0 Å². The van der Waals surface area contributed by atoms with Crippen molar-refractivity contribution < 1.29 is 75.4 Å². The first kappa shape index (κ1) is 28.2. The van der Waals surface area contributed by atoms with Gasteiger partial charge in [0.05, 0.1) is 19.4 Å². The molecule has 0 unspecified atom stereocenters. The summed E-state index contributed by atoms with van der Waals surface area (Å²) >= 11 is 0. The molecule has 0 spiro atoms. The Kier molecular flexibility index (Phi) is 7.52. The smallest absolute Gasteiger partial charge is 0.453 e. The highest BCUT2D eigenvalue weighted by Gasteiger charge is 2.87. The van der Waals surface area contributed by atoms with Crippen molar-refractivity contribution in [2.45, 2.75) is 54.6 Å². The molecular weight excluding hydrogens is 473 g/mol. The first-order valence-electron chi connectivity index (χ1n) is 7.04. The molecule has 178 valence electrons. The van der Waals surface area contributed by atoms with Gasteiger partial charge in [-0.15, -0.1) is 0 Å². The van der Waals surface area contributed by atoms with Crippen molar-refractivity contribution in [2.75, 3.05) is 6.61 Å². The maximum absolute atomic E-state index is 13.4. The fourth-order valence-electron chi connectivity index (χ4n) is 1.64. The van der Waals surface area contributed by atoms with E-state index in [1.165, 1.54) is 0 Å². The summed E-state index contributed by atoms with van der Waals surface area (Å²) in [6.07, 6.45) is -13.8. The Morgan fingerprint density at radius 3 is 1.43 bits per heavy atom. The summed E-state index contributed by atoms with van der Waals surface area (Å²) in [5.74, 6) is -44.9. The van der Waals surface area contributed by atoms with Crippen LogP contribution in [0, 0.1) is 0 Å². The summed E-state index contributed by atoms with van der Waals surface area (Å²) in [4.78, 5) is 10.5. The minimum Gasteiger partial charge on any atom is -0.462 e. The zero-order valence-corrected chi connectivity index (χ0v) is 13.9. The van der Waals surface area contributed by atoms with Gasteiger partial charge in [-0.05, 0) is 0 Å². The van der Waals surface area contributed by atoms with Crippen LogP contribution in [-0.4, -0.2) is 54.3 Å². The number of hydrogen-bond donors (Lipinski definition) is 0. The van der Waals surface area contributed by atoms with Crippen LogP contribution < -0.4 is 0 Å². The van der Waals surface area contributed by atoms with Crippen LogP contribution in [-0.2, 0) is 9.53 Å². The van der Waals surface area contributed by atoms with Crippen LogP contribution in [0.2, 0.25) is 0 Å². The highest BCUT2D eigenvalue weighted by atomic mass is 19.4. The molecule has 0 aromatic carbocycles. The lowest BCUT2D eigenvalue weighted by molar-refractivity contribution is -0.412. The Balaban J connectivity index is 5.97. The Hall–Kier alpha value is -1.84. The lowest BCUT2D eigenvalue weighted by Gasteiger charge is -2.40. The Morgan fingerprint density at radius 1 is 0.667 bits per heavy atom. The number of esters is 1. The zero-order valence-electron chi connectivity index (χ0n) is 13.9. The first-order chi connectivity index (χ1) is 12.9. The second kappa shape index (κ2) is 8.01. The van der Waals surface area contributed by atoms with E-state index in [2.05, 4.69) is 11.3 Å². The van der Waals surface area contributed by atoms with Gasteiger partial charge in [0.2, 0.25) is 0 Å². The summed E-state index contributed by atoms with van der Waals surface area (Å²) in [6.45, 7) is 0.880. The van der Waals surface area contributed by atoms with E-state index in [0.717, 1.165) is 0 Å². The van der Waals surface area contributed by atoms with Crippen LogP contribution in [0.1, 0.15) is 12.8 Å². The predicted octanol–water partition coefficient (Wildman–Crippen LogP) is 5.87. The number of carbonyl (C=O) groups is 1. The normalized spacial score (nSPS) is 15.2. The van der Waals surface area contributed by atoms with Gasteiger partial charge < -0.3 is 4.74 Å². The molecule has 0 heterocycles. The minimum absolute atomic E-state index is 0.278. The average molecular weight is 482 g/mol. The molecule has 0 rings (SSSR count). The topological polar surface area (TPSA) is 26.3 Å². The van der Waals surface area contributed by atoms with Crippen LogP contribution in [0.25, 0.3) is 0 Å². The summed E-state index contributed by atoms with van der Waals surface area (Å²) in [6, 6.07) is 0. The first-order valence-corrected chi connectivity index (χ1v) is 7.04. The van der Waals surface area contributed by atoms with Gasteiger partial charge in [-0.3, -0.25) is 0 Å². The van der Waals surface area contributed by atoms with Crippen molar-refractivity contribution in [3.8, 4) is 0 Å². The molecule has 0 atom stereocenters. The number of ether oxygens (including phenoxy) is 1. The van der Waals surface area contributed by atoms with Crippen molar-refractivity contribution >= 4 is 5.97 Å². The molecule has 0 aliphatic heterocycles. The van der Waals surface area contributed by atoms with Gasteiger partial charge in [0.25, 0.3) is 0 Å². The number of halogens is 15. The average Bonchev–Trinajstić information content (AvgIpc) is 2.51. The number of hydrogen-bond acceptors (Lipinski definition) is 2. The highest BCUT2D eigenvalue weighted by Crippen LogP contribution is 2.60. The molecule has 0 N–H and O–H groups in total. The predicted molar refractivity (Wildman–Crippen MR) is 66.1 cm³/mol. The second-order valence-corrected chi connectivity index (χ2v) is 5.63. The Labute approximate surface area is 156 Å². The molecule has 0 amide bonds. The maximum atomic E-state index is 13.4. The standard InChI is InChI=1S/C13H9F15O2/c1-2-6(29)30-4-3-7(14,15)10(20,21)12(24,25)11(22,23)8(16,17)5-9(18,19)13(26,27)28/h2H,1,3-5H2. The van der Waals surface area contributed by atoms with Crippen molar-refractivity contribution in [2.24, 2.45) is 0 Å². The molecule has 0 aliphatic rings. The molecule has 0 aromatic rings. The van der Waals surface area contributed by atoms with Crippen LogP contribution in [0.15, 0.2) is 12.7 Å². The summed E-state index contributed by atoms with van der Waals surface area (Å²) in [5.41, 5.74) is 0. The SMILES string of the molecule is C=CC(=O)OCCC(F)(F)C(F)(F)C(F)(F)C(F)(F)C(F)(F)CC(F)(F)C(F)(F)F. The van der Waals surface area contributed by atoms with E-state index in [9.17, 15) is 70.7 Å². The molecule has 0 aliphatic carbocycles. The van der Waals surface area contributed by atoms with E-state index >= 15 is 0 Å². The van der Waals surface area contributed by atoms with Gasteiger partial charge in [-0.25, -0.2) is 4.79 Å². The fraction of sp³-hybridized carbons (Fsp3) is 0.769. The third-order valence-electron chi connectivity index (χ3n) is 3.39. The van der Waals surface area contributed by atoms with E-state index in [0.29, 0.717) is 0 Å². The quantitative estimate of drug-likeness (QED) is 0.221. The number of alkyl halides is 15. The third-order valence-corrected chi connectivity index (χ3v) is 3.39. The molecule has 0 saturated carbocycles. The Bertz CT molecular complexity index is 635. The van der Waals surface area contributed by atoms with Crippen molar-refractivity contribution in [1.29, 1.82) is 0 Å². The molecule has 0 saturated heterocycles. The monoisotopic (exact) mass is 482 g/mol. The number of rotatable bonds is 10. The zero-order chi connectivity index (χ0) is 24.6. The van der Waals surface area contributed by atoms with Crippen LogP contribution >= 0.6 is 0 Å². The third kappa shape index (κ3) is 4.90. The lowest BCUT2D eigenvalue weighted by Crippen LogP contribution is -2.68. The molecule has 17 heteroatoms. The fourth-order valence-corrected chi connectivity index (χ4v) is 1.64. The number of carbonyl (C=O) groups excluding carboxylic acids is 1. The van der Waals surface area contributed by atoms with E-state index in [4.69, 9.17) is 0 Å². The van der Waals surface area contributed by atoms with Gasteiger partial charge in [-0.1, -0.05) is 6.58 Å². The molecule has 0 bridgehead atoms. The molecule has 0 fully saturated rings. The maximum Gasteiger partial charge on any atom is 0.453 e. The van der Waals surface area contributed by atoms with E-state index in [1.54, 1.807) is 0 Å². The molecule has 30 heavy (non-hydrogen) atoms. The van der Waals surface area contributed by atoms with Crippen molar-refractivity contribution in [3.05, 3.63) is 12.7 Å². The molecule has 0 radical (unpaired) electrons. The van der Waals surface area contributed by atoms with E-state index < -0.39 is 67.1 Å². The highest BCUT2D eigenvalue weighted by molar-refractivity contribution is 5.81. The van der Waals surface area contributed by atoms with Gasteiger partial charge in [0.15, 0.2) is 0 Å². The van der Waals surface area contributed by atoms with E-state index in [1.807, 2.05) is 0 Å². The van der Waals surface area contributed by atoms with Gasteiger partial charge in [0.1, 0.15) is 0 Å². The summed E-state index contributed by atoms with van der Waals surface area (Å²) in [5, 5.41) is 0. The minimum atomic E-state index is -7.84. The van der Waals surface area contributed by atoms with Crippen LogP contribution in [0.5, 0.6) is 0 Å². The van der Waals surface area contributed by atoms with Gasteiger partial charge in [0, 0.05) is 6.08 Å². The van der Waals surface area contributed by atoms with Crippen LogP contribution in [0.3, 0.4) is 0 Å². The van der Waals surface area contributed by atoms with Crippen molar-refractivity contribution in [1.82, 2.24) is 0 Å².